The number of nitrogens with one attached hydrogen (secondary N) is 1. The number of hydrogen-bond acceptors (Lipinski definition) is 2. The van der Waals surface area contributed by atoms with E-state index in [2.05, 4.69) is 41.4 Å². The third kappa shape index (κ3) is 5.82. The molecule has 1 unspecified atom stereocenters. The van der Waals surface area contributed by atoms with E-state index in [1.807, 2.05) is 53.3 Å². The molecule has 5 nitrogen and oxygen atoms in total. The van der Waals surface area contributed by atoms with Crippen molar-refractivity contribution in [2.75, 3.05) is 5.32 Å². The van der Waals surface area contributed by atoms with Gasteiger partial charge in [0.05, 0.1) is 12.2 Å². The molecular weight excluding hydrogens is 449 g/mol. The summed E-state index contributed by atoms with van der Waals surface area (Å²) in [4.78, 5) is 4.42. The first kappa shape index (κ1) is 21.0. The Morgan fingerprint density at radius 1 is 1.15 bits per heavy atom. The summed E-state index contributed by atoms with van der Waals surface area (Å²) in [5.74, 6) is 0.984. The average molecular weight is 475 g/mol. The summed E-state index contributed by atoms with van der Waals surface area (Å²) in [5.41, 5.74) is 10.4. The molecule has 6 heteroatoms. The Kier molecular flexibility index (Phi) is 7.84. The van der Waals surface area contributed by atoms with E-state index >= 15 is 0 Å². The zero-order valence-corrected chi connectivity index (χ0v) is 18.0. The molecule has 0 aliphatic heterocycles. The highest BCUT2D eigenvalue weighted by Crippen LogP contribution is 2.20. The van der Waals surface area contributed by atoms with Crippen molar-refractivity contribution in [3.63, 3.8) is 0 Å². The lowest BCUT2D eigenvalue weighted by atomic mass is 9.99. The van der Waals surface area contributed by atoms with Gasteiger partial charge in [-0.15, -0.1) is 24.0 Å². The molecule has 0 aliphatic carbocycles. The molecule has 0 fully saturated rings. The second-order valence-electron chi connectivity index (χ2n) is 6.37. The van der Waals surface area contributed by atoms with Gasteiger partial charge < -0.3 is 11.1 Å². The summed E-state index contributed by atoms with van der Waals surface area (Å²) in [6.07, 6.45) is 4.82. The molecule has 0 radical (unpaired) electrons. The molecule has 27 heavy (non-hydrogen) atoms. The number of nitrogens with two attached hydrogens (primary N) is 1. The molecule has 0 aliphatic rings. The topological polar surface area (TPSA) is 68.2 Å². The summed E-state index contributed by atoms with van der Waals surface area (Å²) in [6.45, 7) is 4.96. The highest BCUT2D eigenvalue weighted by molar-refractivity contribution is 14.0. The Morgan fingerprint density at radius 3 is 2.44 bits per heavy atom. The van der Waals surface area contributed by atoms with Crippen LogP contribution in [0.2, 0.25) is 0 Å². The van der Waals surface area contributed by atoms with Crippen molar-refractivity contribution < 1.29 is 0 Å². The van der Waals surface area contributed by atoms with E-state index < -0.39 is 0 Å². The molecule has 0 amide bonds. The Morgan fingerprint density at radius 2 is 1.85 bits per heavy atom. The van der Waals surface area contributed by atoms with Crippen molar-refractivity contribution >= 4 is 35.6 Å². The van der Waals surface area contributed by atoms with Gasteiger partial charge in [-0.2, -0.15) is 5.10 Å². The number of hydrogen-bond donors (Lipinski definition) is 2. The minimum atomic E-state index is 0. The highest BCUT2D eigenvalue weighted by atomic mass is 127. The molecule has 1 aromatic heterocycles. The van der Waals surface area contributed by atoms with Crippen LogP contribution < -0.4 is 11.1 Å². The molecule has 3 rings (SSSR count). The second-order valence-corrected chi connectivity index (χ2v) is 6.37. The first-order valence-corrected chi connectivity index (χ1v) is 8.91. The van der Waals surface area contributed by atoms with Crippen LogP contribution in [-0.2, 0) is 6.54 Å². The summed E-state index contributed by atoms with van der Waals surface area (Å²) >= 11 is 0. The normalized spacial score (nSPS) is 12.3. The predicted octanol–water partition coefficient (Wildman–Crippen LogP) is 4.93. The third-order valence-electron chi connectivity index (χ3n) is 4.50. The maximum Gasteiger partial charge on any atom is 0.193 e. The van der Waals surface area contributed by atoms with E-state index in [-0.39, 0.29) is 24.0 Å². The summed E-state index contributed by atoms with van der Waals surface area (Å²) in [6, 6.07) is 18.4. The molecule has 1 atom stereocenters. The van der Waals surface area contributed by atoms with Gasteiger partial charge in [0, 0.05) is 18.1 Å². The van der Waals surface area contributed by atoms with Crippen LogP contribution in [0.15, 0.2) is 72.0 Å². The molecule has 3 aromatic rings. The van der Waals surface area contributed by atoms with E-state index in [9.17, 15) is 0 Å². The molecule has 0 saturated heterocycles. The van der Waals surface area contributed by atoms with Crippen LogP contribution in [-0.4, -0.2) is 15.7 Å². The minimum Gasteiger partial charge on any atom is -0.370 e. The molecular formula is C21H26IN5. The van der Waals surface area contributed by atoms with E-state index in [1.165, 1.54) is 5.56 Å². The lowest BCUT2D eigenvalue weighted by Gasteiger charge is -2.11. The van der Waals surface area contributed by atoms with Gasteiger partial charge in [-0.05, 0) is 53.8 Å². The fourth-order valence-electron chi connectivity index (χ4n) is 2.67. The number of anilines is 1. The lowest BCUT2D eigenvalue weighted by Crippen LogP contribution is -2.22. The fourth-order valence-corrected chi connectivity index (χ4v) is 2.67. The van der Waals surface area contributed by atoms with Crippen LogP contribution in [0, 0.1) is 0 Å². The molecule has 0 saturated carbocycles. The Labute approximate surface area is 177 Å². The van der Waals surface area contributed by atoms with E-state index in [1.54, 1.807) is 6.20 Å². The molecule has 0 bridgehead atoms. The van der Waals surface area contributed by atoms with Gasteiger partial charge in [0.25, 0.3) is 0 Å². The van der Waals surface area contributed by atoms with Gasteiger partial charge in [0.15, 0.2) is 5.96 Å². The van der Waals surface area contributed by atoms with Gasteiger partial charge in [-0.25, -0.2) is 9.67 Å². The zero-order valence-electron chi connectivity index (χ0n) is 15.7. The van der Waals surface area contributed by atoms with Crippen LogP contribution in [0.3, 0.4) is 0 Å². The molecule has 0 spiro atoms. The molecule has 142 valence electrons. The number of guanidine groups is 1. The SMILES string of the molecule is CCC(C)c1ccc(NC(N)=NCc2ccc(-n3cccn3)cc2)cc1.I. The quantitative estimate of drug-likeness (QED) is 0.302. The van der Waals surface area contributed by atoms with Gasteiger partial charge in [0.2, 0.25) is 0 Å². The molecule has 3 N–H and O–H groups in total. The van der Waals surface area contributed by atoms with Crippen molar-refractivity contribution in [2.24, 2.45) is 10.7 Å². The lowest BCUT2D eigenvalue weighted by molar-refractivity contribution is 0.734. The van der Waals surface area contributed by atoms with Crippen molar-refractivity contribution in [3.8, 4) is 5.69 Å². The number of halogens is 1. The van der Waals surface area contributed by atoms with Gasteiger partial charge in [0.1, 0.15) is 0 Å². The van der Waals surface area contributed by atoms with E-state index in [0.29, 0.717) is 18.4 Å². The average Bonchev–Trinajstić information content (AvgIpc) is 3.21. The summed E-state index contributed by atoms with van der Waals surface area (Å²) in [5, 5.41) is 7.36. The van der Waals surface area contributed by atoms with Crippen LogP contribution >= 0.6 is 24.0 Å². The largest absolute Gasteiger partial charge is 0.370 e. The fraction of sp³-hybridized carbons (Fsp3) is 0.238. The van der Waals surface area contributed by atoms with Gasteiger partial charge in [-0.1, -0.05) is 38.1 Å². The van der Waals surface area contributed by atoms with Crippen molar-refractivity contribution in [3.05, 3.63) is 78.1 Å². The Bertz CT molecular complexity index is 839. The van der Waals surface area contributed by atoms with Crippen LogP contribution in [0.1, 0.15) is 37.3 Å². The minimum absolute atomic E-state index is 0. The smallest absolute Gasteiger partial charge is 0.193 e. The zero-order chi connectivity index (χ0) is 18.4. The summed E-state index contributed by atoms with van der Waals surface area (Å²) in [7, 11) is 0. The number of aliphatic imine (C=N–C) groups is 1. The Hall–Kier alpha value is -2.35. The second kappa shape index (κ2) is 10.1. The van der Waals surface area contributed by atoms with Crippen LogP contribution in [0.4, 0.5) is 5.69 Å². The number of benzene rings is 2. The monoisotopic (exact) mass is 475 g/mol. The van der Waals surface area contributed by atoms with Crippen LogP contribution in [0.5, 0.6) is 0 Å². The first-order chi connectivity index (χ1) is 12.7. The first-order valence-electron chi connectivity index (χ1n) is 8.91. The Balaban J connectivity index is 0.00000261. The van der Waals surface area contributed by atoms with Gasteiger partial charge >= 0.3 is 0 Å². The van der Waals surface area contributed by atoms with Gasteiger partial charge in [-0.3, -0.25) is 0 Å². The standard InChI is InChI=1S/C21H25N5.HI/c1-3-16(2)18-7-9-19(10-8-18)25-21(22)23-15-17-5-11-20(12-6-17)26-14-4-13-24-26;/h4-14,16H,3,15H2,1-2H3,(H3,22,23,25);1H. The van der Waals surface area contributed by atoms with Crippen molar-refractivity contribution in [1.29, 1.82) is 0 Å². The van der Waals surface area contributed by atoms with E-state index in [4.69, 9.17) is 5.73 Å². The van der Waals surface area contributed by atoms with Crippen molar-refractivity contribution in [2.45, 2.75) is 32.7 Å². The van der Waals surface area contributed by atoms with E-state index in [0.717, 1.165) is 23.4 Å². The number of nitrogens with zero attached hydrogens (tertiary/aromatic N) is 3. The third-order valence-corrected chi connectivity index (χ3v) is 4.50. The number of rotatable bonds is 6. The van der Waals surface area contributed by atoms with Crippen LogP contribution in [0.25, 0.3) is 5.69 Å². The highest BCUT2D eigenvalue weighted by Gasteiger charge is 2.03. The summed E-state index contributed by atoms with van der Waals surface area (Å²) < 4.78 is 1.83. The maximum atomic E-state index is 6.01. The predicted molar refractivity (Wildman–Crippen MR) is 123 cm³/mol. The molecule has 1 heterocycles. The number of aromatic nitrogens is 2. The maximum absolute atomic E-state index is 6.01. The van der Waals surface area contributed by atoms with Crippen molar-refractivity contribution in [1.82, 2.24) is 9.78 Å². The molecule has 2 aromatic carbocycles.